The molecule has 0 radical (unpaired) electrons. The van der Waals surface area contributed by atoms with E-state index in [9.17, 15) is 37.2 Å². The Morgan fingerprint density at radius 1 is 0.490 bits per heavy atom. The molecule has 0 saturated heterocycles. The second kappa shape index (κ2) is 17.2. The Balaban J connectivity index is 0.000000262. The van der Waals surface area contributed by atoms with Gasteiger partial charge in [-0.2, -0.15) is 0 Å². The summed E-state index contributed by atoms with van der Waals surface area (Å²) >= 11 is 0. The van der Waals surface area contributed by atoms with Crippen LogP contribution in [0.2, 0.25) is 0 Å². The summed E-state index contributed by atoms with van der Waals surface area (Å²) < 4.78 is 26.5. The van der Waals surface area contributed by atoms with Crippen LogP contribution in [-0.2, 0) is 32.3 Å². The number of carbonyl (C=O) groups is 6. The molecule has 51 heavy (non-hydrogen) atoms. The first-order chi connectivity index (χ1) is 24.4. The maximum Gasteiger partial charge on any atom is 0.206 e. The number of carbonyl (C=O) groups excluding carboxylic acids is 6. The van der Waals surface area contributed by atoms with Crippen molar-refractivity contribution in [3.05, 3.63) is 130 Å². The molecular weight excluding hydrogens is 665 g/mol. The van der Waals surface area contributed by atoms with E-state index in [1.54, 1.807) is 0 Å². The van der Waals surface area contributed by atoms with E-state index in [2.05, 4.69) is 74.5 Å². The minimum atomic E-state index is -4.25. The summed E-state index contributed by atoms with van der Waals surface area (Å²) in [6.07, 6.45) is 4.88. The highest BCUT2D eigenvalue weighted by atomic mass is 32.2. The lowest BCUT2D eigenvalue weighted by atomic mass is 9.97. The van der Waals surface area contributed by atoms with Crippen molar-refractivity contribution in [1.29, 1.82) is 0 Å². The van der Waals surface area contributed by atoms with Crippen molar-refractivity contribution in [3.8, 4) is 0 Å². The molecule has 2 atom stereocenters. The number of hydrogen-bond acceptors (Lipinski definition) is 8. The summed E-state index contributed by atoms with van der Waals surface area (Å²) in [6, 6.07) is 28.0. The zero-order valence-electron chi connectivity index (χ0n) is 29.3. The van der Waals surface area contributed by atoms with Crippen LogP contribution in [0.1, 0.15) is 106 Å². The molecule has 4 aromatic carbocycles. The van der Waals surface area contributed by atoms with Gasteiger partial charge in [0.2, 0.25) is 9.84 Å². The van der Waals surface area contributed by atoms with Crippen LogP contribution in [0.5, 0.6) is 0 Å². The van der Waals surface area contributed by atoms with Crippen molar-refractivity contribution < 1.29 is 37.2 Å². The molecule has 0 amide bonds. The summed E-state index contributed by atoms with van der Waals surface area (Å²) in [5.74, 6) is -6.78. The van der Waals surface area contributed by atoms with Crippen LogP contribution in [0.25, 0.3) is 0 Å². The number of rotatable bonds is 10. The van der Waals surface area contributed by atoms with Gasteiger partial charge in [-0.1, -0.05) is 101 Å². The predicted octanol–water partition coefficient (Wildman–Crippen LogP) is 7.75. The molecule has 2 aliphatic rings. The van der Waals surface area contributed by atoms with Crippen molar-refractivity contribution in [2.24, 2.45) is 11.8 Å². The highest BCUT2D eigenvalue weighted by Gasteiger charge is 2.44. The lowest BCUT2D eigenvalue weighted by Crippen LogP contribution is -2.24. The normalized spacial score (nSPS) is 16.0. The third-order valence-electron chi connectivity index (χ3n) is 8.82. The number of benzene rings is 4. The Bertz CT molecular complexity index is 1920. The Morgan fingerprint density at radius 2 is 0.824 bits per heavy atom. The minimum absolute atomic E-state index is 0.00923. The summed E-state index contributed by atoms with van der Waals surface area (Å²) in [5, 5.41) is 0. The molecular formula is C42H42O8S. The molecule has 0 spiro atoms. The Kier molecular flexibility index (Phi) is 13.0. The molecule has 0 saturated carbocycles. The summed E-state index contributed by atoms with van der Waals surface area (Å²) in [7, 11) is -4.25. The zero-order valence-corrected chi connectivity index (χ0v) is 30.1. The van der Waals surface area contributed by atoms with Crippen LogP contribution in [0.15, 0.2) is 107 Å². The number of aryl methyl sites for hydroxylation is 2. The van der Waals surface area contributed by atoms with Crippen LogP contribution in [-0.4, -0.2) is 43.1 Å². The fourth-order valence-corrected chi connectivity index (χ4v) is 7.39. The molecule has 0 bridgehead atoms. The van der Waals surface area contributed by atoms with Gasteiger partial charge in [0.25, 0.3) is 0 Å². The van der Waals surface area contributed by atoms with E-state index in [0.29, 0.717) is 0 Å². The Labute approximate surface area is 299 Å². The minimum Gasteiger partial charge on any atom is -0.298 e. The average Bonchev–Trinajstić information content (AvgIpc) is 3.55. The average molecular weight is 707 g/mol. The smallest absolute Gasteiger partial charge is 0.206 e. The molecule has 0 aromatic heterocycles. The van der Waals surface area contributed by atoms with E-state index in [0.717, 1.165) is 24.3 Å². The molecule has 6 rings (SSSR count). The van der Waals surface area contributed by atoms with Crippen molar-refractivity contribution >= 4 is 44.5 Å². The molecule has 9 heteroatoms. The maximum absolute atomic E-state index is 13.2. The van der Waals surface area contributed by atoms with Gasteiger partial charge >= 0.3 is 0 Å². The van der Waals surface area contributed by atoms with Gasteiger partial charge in [0.1, 0.15) is 11.8 Å². The topological polar surface area (TPSA) is 137 Å². The van der Waals surface area contributed by atoms with Crippen LogP contribution in [0, 0.1) is 11.8 Å². The number of hydrogen-bond donors (Lipinski definition) is 0. The molecule has 4 aromatic rings. The van der Waals surface area contributed by atoms with Gasteiger partial charge in [-0.3, -0.25) is 28.8 Å². The van der Waals surface area contributed by atoms with Crippen LogP contribution >= 0.6 is 0 Å². The van der Waals surface area contributed by atoms with E-state index in [1.165, 1.54) is 62.8 Å². The molecule has 0 N–H and O–H groups in total. The van der Waals surface area contributed by atoms with Gasteiger partial charge in [-0.25, -0.2) is 8.42 Å². The molecule has 0 aliphatic heterocycles. The quantitative estimate of drug-likeness (QED) is 0.153. The predicted molar refractivity (Wildman–Crippen MR) is 194 cm³/mol. The second-order valence-corrected chi connectivity index (χ2v) is 14.3. The lowest BCUT2D eigenvalue weighted by Gasteiger charge is -2.07. The molecule has 264 valence electrons. The van der Waals surface area contributed by atoms with Gasteiger partial charge in [0.15, 0.2) is 34.7 Å². The van der Waals surface area contributed by atoms with Crippen LogP contribution in [0.4, 0.5) is 0 Å². The molecule has 0 heterocycles. The van der Waals surface area contributed by atoms with E-state index in [-0.39, 0.29) is 44.9 Å². The van der Waals surface area contributed by atoms with E-state index in [4.69, 9.17) is 0 Å². The first kappa shape index (κ1) is 38.6. The summed E-state index contributed by atoms with van der Waals surface area (Å²) in [4.78, 5) is 73.6. The molecule has 2 aliphatic carbocycles. The van der Waals surface area contributed by atoms with Gasteiger partial charge in [0, 0.05) is 35.1 Å². The van der Waals surface area contributed by atoms with Gasteiger partial charge in [0.05, 0.1) is 9.79 Å². The summed E-state index contributed by atoms with van der Waals surface area (Å²) in [5.41, 5.74) is 2.57. The summed E-state index contributed by atoms with van der Waals surface area (Å²) in [6.45, 7) is 7.46. The lowest BCUT2D eigenvalue weighted by molar-refractivity contribution is -0.120. The third-order valence-corrected chi connectivity index (χ3v) is 10.6. The van der Waals surface area contributed by atoms with Crippen molar-refractivity contribution in [3.63, 3.8) is 0 Å². The SMILES string of the molecule is CCC(=O)C1C(=O)c2ccc(S(=O)(=O)c3ccc4c(c3)C(=O)C(C(=O)CC)C4=O)cc2C1=O.CCCc1ccccc1.CCCc1ccccc1. The second-order valence-electron chi connectivity index (χ2n) is 12.4. The zero-order chi connectivity index (χ0) is 37.3. The Morgan fingerprint density at radius 3 is 1.14 bits per heavy atom. The third kappa shape index (κ3) is 8.43. The molecule has 2 unspecified atom stereocenters. The van der Waals surface area contributed by atoms with Gasteiger partial charge in [-0.05, 0) is 60.4 Å². The number of fused-ring (bicyclic) bond motifs is 2. The standard InChI is InChI=1S/C24H18O8S.2C9H12/c1-3-17(25)19-21(27)13-7-5-11(9-15(13)23(19)29)33(31,32)12-6-8-14-16(10-12)24(30)20(22(14)28)18(26)4-2;2*1-2-6-9-7-4-3-5-8-9/h5-10,19-20H,3-4H2,1-2H3;2*3-5,7-8H,2,6H2,1H3. The highest BCUT2D eigenvalue weighted by Crippen LogP contribution is 2.34. The van der Waals surface area contributed by atoms with Gasteiger partial charge < -0.3 is 0 Å². The molecule has 8 nitrogen and oxygen atoms in total. The molecule has 0 fully saturated rings. The number of Topliss-reactive ketones (excluding diaryl/α,β-unsaturated/α-hetero) is 6. The van der Waals surface area contributed by atoms with Gasteiger partial charge in [-0.15, -0.1) is 0 Å². The van der Waals surface area contributed by atoms with Crippen molar-refractivity contribution in [2.75, 3.05) is 0 Å². The van der Waals surface area contributed by atoms with E-state index >= 15 is 0 Å². The largest absolute Gasteiger partial charge is 0.298 e. The van der Waals surface area contributed by atoms with E-state index in [1.807, 2.05) is 0 Å². The highest BCUT2D eigenvalue weighted by molar-refractivity contribution is 7.91. The van der Waals surface area contributed by atoms with Crippen LogP contribution < -0.4 is 0 Å². The van der Waals surface area contributed by atoms with Crippen LogP contribution in [0.3, 0.4) is 0 Å². The number of ketones is 6. The van der Waals surface area contributed by atoms with Crippen molar-refractivity contribution in [2.45, 2.75) is 76.0 Å². The Hall–Kier alpha value is -5.15. The number of sulfone groups is 1. The van der Waals surface area contributed by atoms with E-state index < -0.39 is 56.4 Å². The first-order valence-corrected chi connectivity index (χ1v) is 18.7. The van der Waals surface area contributed by atoms with Crippen molar-refractivity contribution in [1.82, 2.24) is 0 Å². The first-order valence-electron chi connectivity index (χ1n) is 17.2. The monoisotopic (exact) mass is 706 g/mol. The fraction of sp³-hybridized carbons (Fsp3) is 0.286. The maximum atomic E-state index is 13.2. The fourth-order valence-electron chi connectivity index (χ4n) is 6.07.